The lowest BCUT2D eigenvalue weighted by atomic mass is 10.0. The summed E-state index contributed by atoms with van der Waals surface area (Å²) in [5.41, 5.74) is 5.56. The van der Waals surface area contributed by atoms with Gasteiger partial charge < -0.3 is 15.5 Å². The van der Waals surface area contributed by atoms with Crippen molar-refractivity contribution < 1.29 is 0 Å². The average molecular weight is 385 g/mol. The van der Waals surface area contributed by atoms with Gasteiger partial charge in [0.2, 0.25) is 17.8 Å². The maximum absolute atomic E-state index is 8.95. The minimum atomic E-state index is 0.411. The van der Waals surface area contributed by atoms with Crippen LogP contribution in [0.15, 0.2) is 43.0 Å². The molecule has 0 unspecified atom stereocenters. The molecule has 7 nitrogen and oxygen atoms in total. The lowest BCUT2D eigenvalue weighted by molar-refractivity contribution is 0.965. The zero-order valence-electron chi connectivity index (χ0n) is 17.0. The molecule has 2 N–H and O–H groups in total. The van der Waals surface area contributed by atoms with Crippen LogP contribution in [0.1, 0.15) is 22.3 Å². The van der Waals surface area contributed by atoms with Gasteiger partial charge in [0.05, 0.1) is 11.6 Å². The quantitative estimate of drug-likeness (QED) is 0.643. The summed E-state index contributed by atoms with van der Waals surface area (Å²) in [6.45, 7) is 7.90. The molecule has 29 heavy (non-hydrogen) atoms. The summed E-state index contributed by atoms with van der Waals surface area (Å²) in [4.78, 5) is 15.3. The third kappa shape index (κ3) is 4.68. The number of hydrogen-bond donors (Lipinski definition) is 2. The maximum atomic E-state index is 8.95. The van der Waals surface area contributed by atoms with Crippen LogP contribution in [0.2, 0.25) is 0 Å². The van der Waals surface area contributed by atoms with Crippen molar-refractivity contribution in [3.05, 3.63) is 65.2 Å². The van der Waals surface area contributed by atoms with Gasteiger partial charge in [0.25, 0.3) is 0 Å². The maximum Gasteiger partial charge on any atom is 0.233 e. The van der Waals surface area contributed by atoms with Gasteiger partial charge in [-0.2, -0.15) is 20.2 Å². The Labute approximate surface area is 170 Å². The highest BCUT2D eigenvalue weighted by atomic mass is 15.3. The van der Waals surface area contributed by atoms with E-state index in [0.717, 1.165) is 28.1 Å². The summed E-state index contributed by atoms with van der Waals surface area (Å²) in [6, 6.07) is 13.3. The molecule has 3 rings (SSSR count). The van der Waals surface area contributed by atoms with E-state index in [0.29, 0.717) is 23.4 Å². The first-order valence-electron chi connectivity index (χ1n) is 9.11. The Bertz CT molecular complexity index is 1060. The molecule has 0 aliphatic carbocycles. The first-order chi connectivity index (χ1) is 13.9. The number of nitriles is 1. The molecule has 2 aromatic carbocycles. The molecular weight excluding hydrogens is 362 g/mol. The first kappa shape index (κ1) is 19.8. The Kier molecular flexibility index (Phi) is 5.74. The molecular formula is C22H23N7. The zero-order chi connectivity index (χ0) is 21.0. The summed E-state index contributed by atoms with van der Waals surface area (Å²) >= 11 is 0. The van der Waals surface area contributed by atoms with Crippen LogP contribution in [0.4, 0.5) is 29.2 Å². The van der Waals surface area contributed by atoms with Crippen molar-refractivity contribution in [1.82, 2.24) is 15.0 Å². The van der Waals surface area contributed by atoms with E-state index >= 15 is 0 Å². The van der Waals surface area contributed by atoms with Gasteiger partial charge in [-0.25, -0.2) is 0 Å². The van der Waals surface area contributed by atoms with Crippen molar-refractivity contribution in [2.24, 2.45) is 0 Å². The minimum Gasteiger partial charge on any atom is -0.347 e. The van der Waals surface area contributed by atoms with E-state index in [1.54, 1.807) is 12.1 Å². The van der Waals surface area contributed by atoms with Gasteiger partial charge in [0, 0.05) is 25.5 Å². The van der Waals surface area contributed by atoms with Crippen molar-refractivity contribution in [3.8, 4) is 6.07 Å². The molecule has 7 heteroatoms. The molecule has 0 saturated carbocycles. The lowest BCUT2D eigenvalue weighted by Gasteiger charge is -2.16. The Balaban J connectivity index is 1.95. The molecule has 0 amide bonds. The first-order valence-corrected chi connectivity index (χ1v) is 9.11. The summed E-state index contributed by atoms with van der Waals surface area (Å²) < 4.78 is 0. The smallest absolute Gasteiger partial charge is 0.233 e. The van der Waals surface area contributed by atoms with Gasteiger partial charge in [-0.1, -0.05) is 12.7 Å². The number of hydrogen-bond acceptors (Lipinski definition) is 7. The molecule has 0 aliphatic rings. The second-order valence-corrected chi connectivity index (χ2v) is 6.85. The molecule has 1 heterocycles. The Hall–Kier alpha value is -3.92. The van der Waals surface area contributed by atoms with Crippen LogP contribution in [-0.4, -0.2) is 29.0 Å². The summed E-state index contributed by atoms with van der Waals surface area (Å²) in [5, 5.41) is 15.4. The highest BCUT2D eigenvalue weighted by Crippen LogP contribution is 2.26. The number of nitrogens with zero attached hydrogens (tertiary/aromatic N) is 5. The van der Waals surface area contributed by atoms with Gasteiger partial charge in [0.15, 0.2) is 0 Å². The fourth-order valence-electron chi connectivity index (χ4n) is 2.86. The topological polar surface area (TPSA) is 89.8 Å². The molecule has 3 aromatic rings. The highest BCUT2D eigenvalue weighted by molar-refractivity contribution is 5.68. The van der Waals surface area contributed by atoms with Gasteiger partial charge in [0.1, 0.15) is 0 Å². The van der Waals surface area contributed by atoms with E-state index in [1.807, 2.05) is 51.1 Å². The number of anilines is 5. The van der Waals surface area contributed by atoms with Crippen LogP contribution in [0.25, 0.3) is 6.08 Å². The van der Waals surface area contributed by atoms with Crippen LogP contribution in [0.3, 0.4) is 0 Å². The van der Waals surface area contributed by atoms with Crippen LogP contribution in [-0.2, 0) is 0 Å². The monoisotopic (exact) mass is 385 g/mol. The van der Waals surface area contributed by atoms with Crippen LogP contribution in [0.5, 0.6) is 0 Å². The lowest BCUT2D eigenvalue weighted by Crippen LogP contribution is -2.16. The molecule has 0 radical (unpaired) electrons. The molecule has 0 saturated heterocycles. The summed E-state index contributed by atoms with van der Waals surface area (Å²) in [6.07, 6.45) is 1.83. The largest absolute Gasteiger partial charge is 0.347 e. The highest BCUT2D eigenvalue weighted by Gasteiger charge is 2.12. The van der Waals surface area contributed by atoms with Gasteiger partial charge >= 0.3 is 0 Å². The Morgan fingerprint density at radius 1 is 0.966 bits per heavy atom. The van der Waals surface area contributed by atoms with Crippen LogP contribution < -0.4 is 15.5 Å². The number of nitrogens with one attached hydrogen (secondary N) is 2. The fourth-order valence-corrected chi connectivity index (χ4v) is 2.86. The van der Waals surface area contributed by atoms with E-state index in [9.17, 15) is 0 Å². The molecule has 0 aliphatic heterocycles. The predicted molar refractivity (Wildman–Crippen MR) is 118 cm³/mol. The van der Waals surface area contributed by atoms with Gasteiger partial charge in [-0.3, -0.25) is 0 Å². The van der Waals surface area contributed by atoms with Crippen LogP contribution >= 0.6 is 0 Å². The van der Waals surface area contributed by atoms with Crippen molar-refractivity contribution in [3.63, 3.8) is 0 Å². The molecule has 0 spiro atoms. The number of benzene rings is 2. The van der Waals surface area contributed by atoms with Gasteiger partial charge in [-0.15, -0.1) is 0 Å². The van der Waals surface area contributed by atoms with E-state index in [4.69, 9.17) is 5.26 Å². The van der Waals surface area contributed by atoms with Crippen LogP contribution in [0, 0.1) is 25.2 Å². The number of aryl methyl sites for hydroxylation is 2. The van der Waals surface area contributed by atoms with Crippen molar-refractivity contribution in [2.45, 2.75) is 13.8 Å². The standard InChI is InChI=1S/C22H23N7/c1-6-16-11-14(2)19(15(3)12-16)25-21-26-20(27-22(28-21)29(4)5)24-18-9-7-17(13-23)8-10-18/h6-12H,1H2,2-5H3,(H2,24,25,26,27,28). The minimum absolute atomic E-state index is 0.411. The zero-order valence-corrected chi connectivity index (χ0v) is 17.0. The third-order valence-electron chi connectivity index (χ3n) is 4.32. The Morgan fingerprint density at radius 2 is 1.55 bits per heavy atom. The van der Waals surface area contributed by atoms with E-state index < -0.39 is 0 Å². The summed E-state index contributed by atoms with van der Waals surface area (Å²) in [5.74, 6) is 1.38. The van der Waals surface area contributed by atoms with E-state index in [-0.39, 0.29) is 0 Å². The van der Waals surface area contributed by atoms with E-state index in [2.05, 4.69) is 50.4 Å². The summed E-state index contributed by atoms with van der Waals surface area (Å²) in [7, 11) is 3.75. The number of aromatic nitrogens is 3. The molecule has 0 atom stereocenters. The normalized spacial score (nSPS) is 10.2. The Morgan fingerprint density at radius 3 is 2.07 bits per heavy atom. The SMILES string of the molecule is C=Cc1cc(C)c(Nc2nc(Nc3ccc(C#N)cc3)nc(N(C)C)n2)c(C)c1. The third-order valence-corrected chi connectivity index (χ3v) is 4.32. The molecule has 1 aromatic heterocycles. The second kappa shape index (κ2) is 8.40. The van der Waals surface area contributed by atoms with Crippen molar-refractivity contribution in [1.29, 1.82) is 5.26 Å². The molecule has 0 fully saturated rings. The van der Waals surface area contributed by atoms with Crippen molar-refractivity contribution in [2.75, 3.05) is 29.6 Å². The van der Waals surface area contributed by atoms with Crippen molar-refractivity contribution >= 4 is 35.3 Å². The average Bonchev–Trinajstić information content (AvgIpc) is 2.71. The second-order valence-electron chi connectivity index (χ2n) is 6.85. The number of rotatable bonds is 6. The van der Waals surface area contributed by atoms with Gasteiger partial charge in [-0.05, 0) is 66.9 Å². The molecule has 146 valence electrons. The fraction of sp³-hybridized carbons (Fsp3) is 0.182. The van der Waals surface area contributed by atoms with E-state index in [1.165, 1.54) is 0 Å². The predicted octanol–water partition coefficient (Wildman–Crippen LogP) is 4.56. The molecule has 0 bridgehead atoms.